The lowest BCUT2D eigenvalue weighted by Gasteiger charge is -2.22. The van der Waals surface area contributed by atoms with Crippen LogP contribution < -0.4 is 15.8 Å². The number of aromatic nitrogens is 1. The summed E-state index contributed by atoms with van der Waals surface area (Å²) in [5.41, 5.74) is 9.55. The van der Waals surface area contributed by atoms with Gasteiger partial charge in [-0.1, -0.05) is 19.1 Å². The van der Waals surface area contributed by atoms with Gasteiger partial charge in [0.2, 0.25) is 0 Å². The predicted molar refractivity (Wildman–Crippen MR) is 86.5 cm³/mol. The van der Waals surface area contributed by atoms with E-state index in [1.807, 2.05) is 18.2 Å². The van der Waals surface area contributed by atoms with Crippen molar-refractivity contribution in [1.29, 1.82) is 0 Å². The normalized spacial score (nSPS) is 12.1. The summed E-state index contributed by atoms with van der Waals surface area (Å²) in [7, 11) is 1.68. The van der Waals surface area contributed by atoms with Crippen LogP contribution in [0, 0.1) is 6.92 Å². The van der Waals surface area contributed by atoms with Gasteiger partial charge in [-0.05, 0) is 49.2 Å². The van der Waals surface area contributed by atoms with E-state index in [-0.39, 0.29) is 6.04 Å². The van der Waals surface area contributed by atoms with Crippen LogP contribution in [0.1, 0.15) is 29.7 Å². The van der Waals surface area contributed by atoms with Gasteiger partial charge in [-0.15, -0.1) is 0 Å². The van der Waals surface area contributed by atoms with Crippen molar-refractivity contribution in [3.05, 3.63) is 53.2 Å². The van der Waals surface area contributed by atoms with Crippen molar-refractivity contribution in [3.8, 4) is 5.75 Å². The first kappa shape index (κ1) is 15.3. The van der Waals surface area contributed by atoms with Crippen LogP contribution in [0.15, 0.2) is 36.5 Å². The van der Waals surface area contributed by atoms with E-state index in [4.69, 9.17) is 10.5 Å². The lowest BCUT2D eigenvalue weighted by atomic mass is 9.96. The van der Waals surface area contributed by atoms with Gasteiger partial charge in [-0.25, -0.2) is 4.98 Å². The second-order valence-electron chi connectivity index (χ2n) is 5.09. The Hall–Kier alpha value is -2.07. The molecule has 0 aliphatic carbocycles. The molecule has 1 atom stereocenters. The number of rotatable bonds is 6. The Morgan fingerprint density at radius 2 is 2.14 bits per heavy atom. The van der Waals surface area contributed by atoms with E-state index in [1.165, 1.54) is 5.56 Å². The third-order valence-electron chi connectivity index (χ3n) is 3.61. The number of likely N-dealkylation sites (N-methyl/N-ethyl adjacent to an activating group) is 1. The number of methoxy groups -OCH3 is 1. The molecular weight excluding hydrogens is 262 g/mol. The molecule has 0 saturated carbocycles. The fourth-order valence-corrected chi connectivity index (χ4v) is 2.60. The van der Waals surface area contributed by atoms with Crippen LogP contribution >= 0.6 is 0 Å². The molecule has 1 aromatic heterocycles. The number of ether oxygens (including phenoxy) is 1. The Morgan fingerprint density at radius 3 is 2.81 bits per heavy atom. The van der Waals surface area contributed by atoms with Crippen LogP contribution in [0.25, 0.3) is 0 Å². The maximum atomic E-state index is 6.09. The van der Waals surface area contributed by atoms with E-state index in [0.29, 0.717) is 5.82 Å². The summed E-state index contributed by atoms with van der Waals surface area (Å²) in [6, 6.07) is 10.3. The molecule has 112 valence electrons. The number of pyridine rings is 1. The van der Waals surface area contributed by atoms with E-state index < -0.39 is 0 Å². The number of hydrogen-bond donors (Lipinski definition) is 2. The maximum absolute atomic E-state index is 6.09. The summed E-state index contributed by atoms with van der Waals surface area (Å²) in [6.07, 6.45) is 2.60. The molecular formula is C17H23N3O. The summed E-state index contributed by atoms with van der Waals surface area (Å²) < 4.78 is 5.29. The summed E-state index contributed by atoms with van der Waals surface area (Å²) in [4.78, 5) is 4.23. The van der Waals surface area contributed by atoms with E-state index in [0.717, 1.165) is 29.8 Å². The van der Waals surface area contributed by atoms with Gasteiger partial charge < -0.3 is 15.8 Å². The number of aryl methyl sites for hydroxylation is 1. The summed E-state index contributed by atoms with van der Waals surface area (Å²) in [5, 5.41) is 3.51. The predicted octanol–water partition coefficient (Wildman–Crippen LogP) is 2.87. The summed E-state index contributed by atoms with van der Waals surface area (Å²) >= 11 is 0. The van der Waals surface area contributed by atoms with Crippen LogP contribution in [0.4, 0.5) is 5.82 Å². The van der Waals surface area contributed by atoms with E-state index >= 15 is 0 Å². The molecule has 0 spiro atoms. The first-order chi connectivity index (χ1) is 10.2. The topological polar surface area (TPSA) is 60.2 Å². The number of hydrogen-bond acceptors (Lipinski definition) is 4. The molecule has 2 rings (SSSR count). The van der Waals surface area contributed by atoms with Gasteiger partial charge >= 0.3 is 0 Å². The second-order valence-corrected chi connectivity index (χ2v) is 5.09. The molecule has 1 aromatic carbocycles. The Morgan fingerprint density at radius 1 is 1.33 bits per heavy atom. The van der Waals surface area contributed by atoms with Crippen LogP contribution in [-0.2, 0) is 6.42 Å². The lowest BCUT2D eigenvalue weighted by Crippen LogP contribution is -2.25. The van der Waals surface area contributed by atoms with Crippen molar-refractivity contribution >= 4 is 5.82 Å². The fraction of sp³-hybridized carbons (Fsp3) is 0.353. The summed E-state index contributed by atoms with van der Waals surface area (Å²) in [6.45, 7) is 5.05. The van der Waals surface area contributed by atoms with Gasteiger partial charge in [0.1, 0.15) is 11.6 Å². The molecule has 0 bridgehead atoms. The number of nitrogen functional groups attached to an aromatic ring is 1. The average molecular weight is 285 g/mol. The highest BCUT2D eigenvalue weighted by Crippen LogP contribution is 2.26. The number of nitrogens with one attached hydrogen (secondary N) is 1. The van der Waals surface area contributed by atoms with Crippen LogP contribution in [0.5, 0.6) is 5.75 Å². The van der Waals surface area contributed by atoms with Gasteiger partial charge in [0, 0.05) is 17.8 Å². The van der Waals surface area contributed by atoms with Gasteiger partial charge in [-0.2, -0.15) is 0 Å². The van der Waals surface area contributed by atoms with Crippen molar-refractivity contribution in [2.75, 3.05) is 19.4 Å². The highest BCUT2D eigenvalue weighted by molar-refractivity contribution is 5.47. The van der Waals surface area contributed by atoms with E-state index in [1.54, 1.807) is 13.3 Å². The molecule has 0 fully saturated rings. The minimum Gasteiger partial charge on any atom is -0.497 e. The van der Waals surface area contributed by atoms with Gasteiger partial charge in [0.25, 0.3) is 0 Å². The van der Waals surface area contributed by atoms with Crippen LogP contribution in [-0.4, -0.2) is 18.6 Å². The molecule has 1 heterocycles. The zero-order valence-corrected chi connectivity index (χ0v) is 12.9. The minimum atomic E-state index is 0.149. The van der Waals surface area contributed by atoms with Gasteiger partial charge in [0.15, 0.2) is 0 Å². The standard InChI is InChI=1S/C17H23N3O/c1-4-19-15(16-12(2)8-9-20-17(16)18)11-13-6-5-7-14(10-13)21-3/h5-10,15,19H,4,11H2,1-3H3,(H2,18,20). The highest BCUT2D eigenvalue weighted by Gasteiger charge is 2.17. The quantitative estimate of drug-likeness (QED) is 0.857. The zero-order chi connectivity index (χ0) is 15.2. The first-order valence-electron chi connectivity index (χ1n) is 7.23. The van der Waals surface area contributed by atoms with E-state index in [2.05, 4.69) is 36.3 Å². The van der Waals surface area contributed by atoms with Crippen LogP contribution in [0.3, 0.4) is 0 Å². The zero-order valence-electron chi connectivity index (χ0n) is 12.9. The lowest BCUT2D eigenvalue weighted by molar-refractivity contribution is 0.414. The van der Waals surface area contributed by atoms with Crippen molar-refractivity contribution in [2.24, 2.45) is 0 Å². The molecule has 1 unspecified atom stereocenters. The molecule has 0 aliphatic heterocycles. The SMILES string of the molecule is CCNC(Cc1cccc(OC)c1)c1c(C)ccnc1N. The molecule has 0 amide bonds. The molecule has 4 nitrogen and oxygen atoms in total. The Balaban J connectivity index is 2.30. The first-order valence-corrected chi connectivity index (χ1v) is 7.23. The van der Waals surface area contributed by atoms with Crippen molar-refractivity contribution in [2.45, 2.75) is 26.3 Å². The third-order valence-corrected chi connectivity index (χ3v) is 3.61. The molecule has 21 heavy (non-hydrogen) atoms. The maximum Gasteiger partial charge on any atom is 0.128 e. The third kappa shape index (κ3) is 3.73. The van der Waals surface area contributed by atoms with Crippen molar-refractivity contribution in [1.82, 2.24) is 10.3 Å². The van der Waals surface area contributed by atoms with Gasteiger partial charge in [0.05, 0.1) is 7.11 Å². The molecule has 2 aromatic rings. The molecule has 0 aliphatic rings. The van der Waals surface area contributed by atoms with Crippen molar-refractivity contribution in [3.63, 3.8) is 0 Å². The smallest absolute Gasteiger partial charge is 0.128 e. The molecule has 4 heteroatoms. The Kier molecular flexibility index (Phi) is 5.17. The second kappa shape index (κ2) is 7.09. The Bertz CT molecular complexity index is 578. The minimum absolute atomic E-state index is 0.149. The molecule has 0 saturated heterocycles. The molecule has 0 radical (unpaired) electrons. The Labute approximate surface area is 126 Å². The number of anilines is 1. The molecule has 3 N–H and O–H groups in total. The fourth-order valence-electron chi connectivity index (χ4n) is 2.60. The van der Waals surface area contributed by atoms with Crippen LogP contribution in [0.2, 0.25) is 0 Å². The average Bonchev–Trinajstić information content (AvgIpc) is 2.47. The van der Waals surface area contributed by atoms with Crippen molar-refractivity contribution < 1.29 is 4.74 Å². The number of nitrogens with zero attached hydrogens (tertiary/aromatic N) is 1. The number of nitrogens with two attached hydrogens (primary N) is 1. The highest BCUT2D eigenvalue weighted by atomic mass is 16.5. The largest absolute Gasteiger partial charge is 0.497 e. The number of benzene rings is 1. The van der Waals surface area contributed by atoms with Gasteiger partial charge in [-0.3, -0.25) is 0 Å². The summed E-state index contributed by atoms with van der Waals surface area (Å²) in [5.74, 6) is 1.47. The monoisotopic (exact) mass is 285 g/mol. The van der Waals surface area contributed by atoms with E-state index in [9.17, 15) is 0 Å².